The molecule has 2 aromatic rings. The molecule has 0 N–H and O–H groups in total. The highest BCUT2D eigenvalue weighted by molar-refractivity contribution is 5.77. The fraction of sp³-hybridized carbons (Fsp3) is 0.455. The number of rotatable bonds is 1. The van der Waals surface area contributed by atoms with Crippen LogP contribution in [0.5, 0.6) is 0 Å². The Kier molecular flexibility index (Phi) is 1.46. The van der Waals surface area contributed by atoms with Crippen LogP contribution >= 0.6 is 0 Å². The summed E-state index contributed by atoms with van der Waals surface area (Å²) in [5.41, 5.74) is 4.58. The van der Waals surface area contributed by atoms with Gasteiger partial charge in [-0.05, 0) is 31.4 Å². The SMILES string of the molecule is Cc1cc(C2CC2)nc2cn(C)nc12. The predicted molar refractivity (Wildman–Crippen MR) is 55.2 cm³/mol. The second kappa shape index (κ2) is 2.56. The van der Waals surface area contributed by atoms with E-state index in [4.69, 9.17) is 0 Å². The zero-order valence-electron chi connectivity index (χ0n) is 8.49. The van der Waals surface area contributed by atoms with Gasteiger partial charge in [0.15, 0.2) is 0 Å². The first-order valence-electron chi connectivity index (χ1n) is 5.05. The number of hydrogen-bond donors (Lipinski definition) is 0. The Bertz CT molecular complexity index is 494. The van der Waals surface area contributed by atoms with Crippen molar-refractivity contribution in [3.8, 4) is 0 Å². The van der Waals surface area contributed by atoms with E-state index in [-0.39, 0.29) is 0 Å². The molecule has 0 bridgehead atoms. The third-order valence-corrected chi connectivity index (χ3v) is 2.79. The molecule has 3 rings (SSSR count). The Balaban J connectivity index is 2.26. The summed E-state index contributed by atoms with van der Waals surface area (Å²) < 4.78 is 1.83. The molecule has 1 aliphatic carbocycles. The van der Waals surface area contributed by atoms with Gasteiger partial charge in [0.05, 0.1) is 6.20 Å². The van der Waals surface area contributed by atoms with Crippen LogP contribution in [-0.2, 0) is 7.05 Å². The van der Waals surface area contributed by atoms with Crippen LogP contribution in [0.2, 0.25) is 0 Å². The van der Waals surface area contributed by atoms with Crippen molar-refractivity contribution >= 4 is 11.0 Å². The molecule has 3 heteroatoms. The van der Waals surface area contributed by atoms with Crippen molar-refractivity contribution in [3.05, 3.63) is 23.5 Å². The number of fused-ring (bicyclic) bond motifs is 1. The van der Waals surface area contributed by atoms with Crippen LogP contribution in [0.25, 0.3) is 11.0 Å². The van der Waals surface area contributed by atoms with Crippen molar-refractivity contribution in [1.29, 1.82) is 0 Å². The van der Waals surface area contributed by atoms with Crippen LogP contribution in [0.15, 0.2) is 12.3 Å². The van der Waals surface area contributed by atoms with Crippen molar-refractivity contribution in [3.63, 3.8) is 0 Å². The highest BCUT2D eigenvalue weighted by Gasteiger charge is 2.25. The van der Waals surface area contributed by atoms with Gasteiger partial charge in [-0.3, -0.25) is 4.68 Å². The predicted octanol–water partition coefficient (Wildman–Crippen LogP) is 2.15. The quantitative estimate of drug-likeness (QED) is 0.685. The lowest BCUT2D eigenvalue weighted by Gasteiger charge is -1.99. The molecule has 0 unspecified atom stereocenters. The van der Waals surface area contributed by atoms with Gasteiger partial charge in [0.2, 0.25) is 0 Å². The molecular formula is C11H13N3. The standard InChI is InChI=1S/C11H13N3/c1-7-5-9(8-3-4-8)12-10-6-14(2)13-11(7)10/h5-6,8H,3-4H2,1-2H3. The number of hydrogen-bond acceptors (Lipinski definition) is 2. The van der Waals surface area contributed by atoms with E-state index >= 15 is 0 Å². The molecule has 14 heavy (non-hydrogen) atoms. The normalized spacial score (nSPS) is 16.4. The summed E-state index contributed by atoms with van der Waals surface area (Å²) in [4.78, 5) is 4.64. The van der Waals surface area contributed by atoms with Crippen LogP contribution in [0, 0.1) is 6.92 Å². The van der Waals surface area contributed by atoms with Gasteiger partial charge in [-0.1, -0.05) is 0 Å². The number of aromatic nitrogens is 3. The first kappa shape index (κ1) is 7.97. The highest BCUT2D eigenvalue weighted by Crippen LogP contribution is 2.39. The average Bonchev–Trinajstić information content (AvgIpc) is 2.89. The monoisotopic (exact) mass is 187 g/mol. The summed E-state index contributed by atoms with van der Waals surface area (Å²) in [6, 6.07) is 2.19. The third-order valence-electron chi connectivity index (χ3n) is 2.79. The van der Waals surface area contributed by atoms with E-state index in [1.807, 2.05) is 17.9 Å². The second-order valence-corrected chi connectivity index (χ2v) is 4.17. The molecule has 1 fully saturated rings. The molecular weight excluding hydrogens is 174 g/mol. The highest BCUT2D eigenvalue weighted by atomic mass is 15.3. The van der Waals surface area contributed by atoms with E-state index in [2.05, 4.69) is 23.1 Å². The first-order valence-corrected chi connectivity index (χ1v) is 5.05. The lowest BCUT2D eigenvalue weighted by atomic mass is 10.1. The smallest absolute Gasteiger partial charge is 0.114 e. The Hall–Kier alpha value is -1.38. The first-order chi connectivity index (χ1) is 6.74. The van der Waals surface area contributed by atoms with Crippen molar-refractivity contribution in [2.75, 3.05) is 0 Å². The van der Waals surface area contributed by atoms with Gasteiger partial charge in [-0.2, -0.15) is 5.10 Å². The van der Waals surface area contributed by atoms with Gasteiger partial charge in [0, 0.05) is 18.7 Å². The van der Waals surface area contributed by atoms with Gasteiger partial charge >= 0.3 is 0 Å². The molecule has 0 radical (unpaired) electrons. The van der Waals surface area contributed by atoms with Gasteiger partial charge in [-0.25, -0.2) is 4.98 Å². The molecule has 2 heterocycles. The molecule has 0 aliphatic heterocycles. The zero-order chi connectivity index (χ0) is 9.71. The number of aryl methyl sites for hydroxylation is 2. The Labute approximate surface area is 82.8 Å². The zero-order valence-corrected chi connectivity index (χ0v) is 8.49. The maximum Gasteiger partial charge on any atom is 0.114 e. The van der Waals surface area contributed by atoms with Gasteiger partial charge < -0.3 is 0 Å². The molecule has 1 aliphatic rings. The average molecular weight is 187 g/mol. The largest absolute Gasteiger partial charge is 0.273 e. The van der Waals surface area contributed by atoms with Gasteiger partial charge in [-0.15, -0.1) is 0 Å². The van der Waals surface area contributed by atoms with Gasteiger partial charge in [0.1, 0.15) is 11.0 Å². The lowest BCUT2D eigenvalue weighted by molar-refractivity contribution is 0.778. The van der Waals surface area contributed by atoms with Crippen LogP contribution in [0.1, 0.15) is 30.0 Å². The maximum absolute atomic E-state index is 4.64. The fourth-order valence-electron chi connectivity index (χ4n) is 1.89. The summed E-state index contributed by atoms with van der Waals surface area (Å²) in [6.07, 6.45) is 4.60. The fourth-order valence-corrected chi connectivity index (χ4v) is 1.89. The molecule has 2 aromatic heterocycles. The van der Waals surface area contributed by atoms with E-state index < -0.39 is 0 Å². The molecule has 1 saturated carbocycles. The van der Waals surface area contributed by atoms with Crippen molar-refractivity contribution < 1.29 is 0 Å². The van der Waals surface area contributed by atoms with E-state index in [0.29, 0.717) is 0 Å². The summed E-state index contributed by atoms with van der Waals surface area (Å²) >= 11 is 0. The summed E-state index contributed by atoms with van der Waals surface area (Å²) in [6.45, 7) is 2.11. The van der Waals surface area contributed by atoms with E-state index in [9.17, 15) is 0 Å². The minimum Gasteiger partial charge on any atom is -0.273 e. The molecule has 0 spiro atoms. The van der Waals surface area contributed by atoms with Crippen LogP contribution in [-0.4, -0.2) is 14.8 Å². The van der Waals surface area contributed by atoms with Crippen LogP contribution < -0.4 is 0 Å². The van der Waals surface area contributed by atoms with Gasteiger partial charge in [0.25, 0.3) is 0 Å². The maximum atomic E-state index is 4.64. The van der Waals surface area contributed by atoms with E-state index in [1.54, 1.807) is 0 Å². The molecule has 0 amide bonds. The second-order valence-electron chi connectivity index (χ2n) is 4.17. The summed E-state index contributed by atoms with van der Waals surface area (Å²) in [5, 5.41) is 4.39. The minimum absolute atomic E-state index is 0.721. The Morgan fingerprint density at radius 3 is 2.93 bits per heavy atom. The van der Waals surface area contributed by atoms with E-state index in [0.717, 1.165) is 17.0 Å². The molecule has 0 saturated heterocycles. The lowest BCUT2D eigenvalue weighted by Crippen LogP contribution is -1.89. The van der Waals surface area contributed by atoms with Crippen LogP contribution in [0.4, 0.5) is 0 Å². The molecule has 0 aromatic carbocycles. The van der Waals surface area contributed by atoms with E-state index in [1.165, 1.54) is 24.1 Å². The van der Waals surface area contributed by atoms with Crippen molar-refractivity contribution in [1.82, 2.24) is 14.8 Å². The number of nitrogens with zero attached hydrogens (tertiary/aromatic N) is 3. The van der Waals surface area contributed by atoms with Crippen molar-refractivity contribution in [2.45, 2.75) is 25.7 Å². The molecule has 72 valence electrons. The molecule has 0 atom stereocenters. The Morgan fingerprint density at radius 2 is 2.21 bits per heavy atom. The minimum atomic E-state index is 0.721. The topological polar surface area (TPSA) is 30.7 Å². The summed E-state index contributed by atoms with van der Waals surface area (Å²) in [5.74, 6) is 0.721. The van der Waals surface area contributed by atoms with Crippen molar-refractivity contribution in [2.24, 2.45) is 7.05 Å². The summed E-state index contributed by atoms with van der Waals surface area (Å²) in [7, 11) is 1.94. The molecule has 3 nitrogen and oxygen atoms in total. The third kappa shape index (κ3) is 1.12. The Morgan fingerprint density at radius 1 is 1.43 bits per heavy atom. The number of pyridine rings is 1. The van der Waals surface area contributed by atoms with Crippen LogP contribution in [0.3, 0.4) is 0 Å².